The summed E-state index contributed by atoms with van der Waals surface area (Å²) in [6, 6.07) is 4.76. The van der Waals surface area contributed by atoms with Gasteiger partial charge in [0.25, 0.3) is 5.56 Å². The molecule has 10 nitrogen and oxygen atoms in total. The lowest BCUT2D eigenvalue weighted by Crippen LogP contribution is -2.38. The molecule has 0 saturated carbocycles. The van der Waals surface area contributed by atoms with Gasteiger partial charge in [-0.15, -0.1) is 0 Å². The highest BCUT2D eigenvalue weighted by molar-refractivity contribution is 6.05. The second-order valence-corrected chi connectivity index (χ2v) is 7.70. The smallest absolute Gasteiger partial charge is 0.337 e. The molecule has 0 spiro atoms. The van der Waals surface area contributed by atoms with Crippen LogP contribution in [0.4, 0.5) is 0 Å². The molecule has 0 bridgehead atoms. The Hall–Kier alpha value is -3.95. The predicted octanol–water partition coefficient (Wildman–Crippen LogP) is 1.94. The zero-order valence-electron chi connectivity index (χ0n) is 19.8. The first kappa shape index (κ1) is 24.7. The van der Waals surface area contributed by atoms with Crippen LogP contribution in [0, 0.1) is 12.8 Å². The third kappa shape index (κ3) is 5.00. The van der Waals surface area contributed by atoms with Crippen LogP contribution < -0.4 is 10.9 Å². The molecular formula is C24H27N3O7. The molecule has 0 amide bonds. The minimum absolute atomic E-state index is 0.0393. The first-order chi connectivity index (χ1) is 16.2. The van der Waals surface area contributed by atoms with Crippen LogP contribution in [0.5, 0.6) is 0 Å². The molecule has 0 aromatic carbocycles. The summed E-state index contributed by atoms with van der Waals surface area (Å²) >= 11 is 0. The van der Waals surface area contributed by atoms with Gasteiger partial charge in [-0.05, 0) is 46.2 Å². The van der Waals surface area contributed by atoms with Gasteiger partial charge in [-0.1, -0.05) is 6.07 Å². The van der Waals surface area contributed by atoms with Crippen molar-refractivity contribution in [3.63, 3.8) is 0 Å². The van der Waals surface area contributed by atoms with Crippen LogP contribution in [-0.4, -0.2) is 40.5 Å². The van der Waals surface area contributed by atoms with Crippen LogP contribution in [0.1, 0.15) is 39.0 Å². The molecule has 0 unspecified atom stereocenters. The fourth-order valence-corrected chi connectivity index (χ4v) is 3.75. The number of carbonyl (C=O) groups excluding carboxylic acids is 3. The van der Waals surface area contributed by atoms with E-state index in [0.29, 0.717) is 17.0 Å². The Bertz CT molecular complexity index is 1230. The average molecular weight is 469 g/mol. The maximum Gasteiger partial charge on any atom is 0.337 e. The van der Waals surface area contributed by atoms with Gasteiger partial charge in [-0.3, -0.25) is 14.0 Å². The third-order valence-corrected chi connectivity index (χ3v) is 5.21. The first-order valence-corrected chi connectivity index (χ1v) is 10.9. The Morgan fingerprint density at radius 1 is 0.971 bits per heavy atom. The summed E-state index contributed by atoms with van der Waals surface area (Å²) in [4.78, 5) is 55.4. The predicted molar refractivity (Wildman–Crippen MR) is 121 cm³/mol. The van der Waals surface area contributed by atoms with E-state index >= 15 is 0 Å². The molecule has 3 rings (SSSR count). The molecule has 0 saturated heterocycles. The van der Waals surface area contributed by atoms with Gasteiger partial charge in [-0.2, -0.15) is 0 Å². The molecule has 10 heteroatoms. The highest BCUT2D eigenvalue weighted by Gasteiger charge is 2.42. The van der Waals surface area contributed by atoms with Crippen molar-refractivity contribution in [2.45, 2.75) is 41.2 Å². The van der Waals surface area contributed by atoms with Crippen LogP contribution >= 0.6 is 0 Å². The quantitative estimate of drug-likeness (QED) is 0.478. The Kier molecular flexibility index (Phi) is 7.50. The Morgan fingerprint density at radius 3 is 2.12 bits per heavy atom. The molecule has 180 valence electrons. The van der Waals surface area contributed by atoms with Gasteiger partial charge < -0.3 is 19.5 Å². The normalized spacial score (nSPS) is 14.1. The standard InChI is InChI=1S/C24H27N3O7/c1-6-32-22(29)19-14(4)25-15(5)20(23(30)33-7-2)21(19)24(31)34-12-16-10-18(28)27-11-13(3)8-9-17(27)26-16/h8-11,21,25H,6-7,12H2,1-5H3. The third-order valence-electron chi connectivity index (χ3n) is 5.21. The van der Waals surface area contributed by atoms with Crippen LogP contribution in [0.2, 0.25) is 0 Å². The van der Waals surface area contributed by atoms with Gasteiger partial charge in [0, 0.05) is 23.7 Å². The number of pyridine rings is 1. The summed E-state index contributed by atoms with van der Waals surface area (Å²) in [6.07, 6.45) is 1.66. The van der Waals surface area contributed by atoms with Gasteiger partial charge in [0.2, 0.25) is 0 Å². The number of fused-ring (bicyclic) bond motifs is 1. The first-order valence-electron chi connectivity index (χ1n) is 10.9. The lowest BCUT2D eigenvalue weighted by atomic mass is 9.85. The number of aromatic nitrogens is 2. The molecule has 1 aliphatic rings. The average Bonchev–Trinajstić information content (AvgIpc) is 2.77. The van der Waals surface area contributed by atoms with E-state index in [9.17, 15) is 19.2 Å². The number of nitrogens with zero attached hydrogens (tertiary/aromatic N) is 2. The van der Waals surface area contributed by atoms with Crippen molar-refractivity contribution >= 4 is 23.6 Å². The summed E-state index contributed by atoms with van der Waals surface area (Å²) < 4.78 is 17.1. The summed E-state index contributed by atoms with van der Waals surface area (Å²) in [7, 11) is 0. The number of hydrogen-bond donors (Lipinski definition) is 1. The second-order valence-electron chi connectivity index (χ2n) is 7.70. The highest BCUT2D eigenvalue weighted by Crippen LogP contribution is 2.32. The van der Waals surface area contributed by atoms with E-state index in [1.54, 1.807) is 40.0 Å². The highest BCUT2D eigenvalue weighted by atomic mass is 16.5. The number of dihydropyridines is 1. The number of carbonyl (C=O) groups is 3. The Morgan fingerprint density at radius 2 is 1.56 bits per heavy atom. The zero-order chi connectivity index (χ0) is 25.0. The zero-order valence-corrected chi connectivity index (χ0v) is 19.8. The van der Waals surface area contributed by atoms with Crippen molar-refractivity contribution in [3.05, 3.63) is 68.5 Å². The number of nitrogens with one attached hydrogen (secondary N) is 1. The summed E-state index contributed by atoms with van der Waals surface area (Å²) in [6.45, 7) is 8.17. The van der Waals surface area contributed by atoms with Crippen molar-refractivity contribution in [1.29, 1.82) is 0 Å². The number of rotatable bonds is 7. The monoisotopic (exact) mass is 469 g/mol. The van der Waals surface area contributed by atoms with Gasteiger partial charge in [0.05, 0.1) is 30.1 Å². The van der Waals surface area contributed by atoms with E-state index in [0.717, 1.165) is 5.56 Å². The number of ether oxygens (including phenoxy) is 3. The summed E-state index contributed by atoms with van der Waals surface area (Å²) in [5.41, 5.74) is 1.85. The molecule has 2 aromatic rings. The molecule has 0 aliphatic carbocycles. The van der Waals surface area contributed by atoms with E-state index in [1.807, 2.05) is 13.0 Å². The maximum absolute atomic E-state index is 13.2. The largest absolute Gasteiger partial charge is 0.463 e. The number of aryl methyl sites for hydroxylation is 1. The summed E-state index contributed by atoms with van der Waals surface area (Å²) in [5, 5.41) is 2.94. The van der Waals surface area contributed by atoms with E-state index in [2.05, 4.69) is 10.3 Å². The lowest BCUT2D eigenvalue weighted by Gasteiger charge is -2.28. The fourth-order valence-electron chi connectivity index (χ4n) is 3.75. The number of allylic oxidation sites excluding steroid dienone is 2. The molecule has 2 aromatic heterocycles. The minimum Gasteiger partial charge on any atom is -0.463 e. The molecule has 0 radical (unpaired) electrons. The molecule has 34 heavy (non-hydrogen) atoms. The van der Waals surface area contributed by atoms with Gasteiger partial charge in [0.15, 0.2) is 0 Å². The van der Waals surface area contributed by atoms with E-state index in [-0.39, 0.29) is 42.2 Å². The van der Waals surface area contributed by atoms with Crippen molar-refractivity contribution in [1.82, 2.24) is 14.7 Å². The molecule has 1 N–H and O–H groups in total. The van der Waals surface area contributed by atoms with Crippen molar-refractivity contribution in [2.24, 2.45) is 5.92 Å². The fraction of sp³-hybridized carbons (Fsp3) is 0.375. The van der Waals surface area contributed by atoms with E-state index < -0.39 is 23.8 Å². The second kappa shape index (κ2) is 10.3. The molecule has 3 heterocycles. The molecule has 0 fully saturated rings. The number of hydrogen-bond acceptors (Lipinski definition) is 9. The van der Waals surface area contributed by atoms with Gasteiger partial charge in [0.1, 0.15) is 18.2 Å². The lowest BCUT2D eigenvalue weighted by molar-refractivity contribution is -0.152. The van der Waals surface area contributed by atoms with Gasteiger partial charge in [-0.25, -0.2) is 14.6 Å². The van der Waals surface area contributed by atoms with Gasteiger partial charge >= 0.3 is 17.9 Å². The summed E-state index contributed by atoms with van der Waals surface area (Å²) in [5.74, 6) is -3.72. The van der Waals surface area contributed by atoms with E-state index in [4.69, 9.17) is 14.2 Å². The Balaban J connectivity index is 1.94. The van der Waals surface area contributed by atoms with Crippen molar-refractivity contribution < 1.29 is 28.6 Å². The molecular weight excluding hydrogens is 442 g/mol. The molecule has 0 atom stereocenters. The Labute approximate surface area is 196 Å². The van der Waals surface area contributed by atoms with Crippen LogP contribution in [0.25, 0.3) is 5.65 Å². The SMILES string of the molecule is CCOC(=O)C1=C(C)NC(C)=C(C(=O)OCC)C1C(=O)OCc1cc(=O)n2cc(C)ccc2n1. The maximum atomic E-state index is 13.2. The van der Waals surface area contributed by atoms with Crippen LogP contribution in [0.15, 0.2) is 51.7 Å². The van der Waals surface area contributed by atoms with Crippen molar-refractivity contribution in [3.8, 4) is 0 Å². The molecule has 1 aliphatic heterocycles. The number of esters is 3. The van der Waals surface area contributed by atoms with Crippen LogP contribution in [-0.2, 0) is 35.2 Å². The van der Waals surface area contributed by atoms with E-state index in [1.165, 1.54) is 10.5 Å². The topological polar surface area (TPSA) is 125 Å². The minimum atomic E-state index is -1.36. The van der Waals surface area contributed by atoms with Crippen molar-refractivity contribution in [2.75, 3.05) is 13.2 Å². The van der Waals surface area contributed by atoms with Crippen LogP contribution in [0.3, 0.4) is 0 Å².